The molecule has 8 heteroatoms. The van der Waals surface area contributed by atoms with Gasteiger partial charge < -0.3 is 9.47 Å². The minimum atomic E-state index is -4.80. The molecule has 0 spiro atoms. The number of aliphatic imine (C=N–C) groups is 1. The first-order valence-electron chi connectivity index (χ1n) is 6.45. The smallest absolute Gasteiger partial charge is 0.468 e. The van der Waals surface area contributed by atoms with Crippen molar-refractivity contribution in [2.24, 2.45) is 4.99 Å². The summed E-state index contributed by atoms with van der Waals surface area (Å²) >= 11 is 1.31. The first-order chi connectivity index (χ1) is 10.4. The number of thioether (sulfide) groups is 1. The van der Waals surface area contributed by atoms with Gasteiger partial charge in [-0.15, -0.1) is 24.9 Å². The van der Waals surface area contributed by atoms with Gasteiger partial charge in [0.25, 0.3) is 0 Å². The van der Waals surface area contributed by atoms with E-state index in [4.69, 9.17) is 0 Å². The van der Waals surface area contributed by atoms with E-state index in [1.165, 1.54) is 43.3 Å². The molecule has 1 rings (SSSR count). The number of carbonyl (C=O) groups excluding carboxylic acids is 1. The number of benzene rings is 1. The zero-order valence-corrected chi connectivity index (χ0v) is 12.9. The van der Waals surface area contributed by atoms with Crippen LogP contribution in [0.3, 0.4) is 0 Å². The minimum absolute atomic E-state index is 0.00849. The predicted molar refractivity (Wildman–Crippen MR) is 79.8 cm³/mol. The Hall–Kier alpha value is -1.70. The Bertz CT molecular complexity index is 520. The van der Waals surface area contributed by atoms with Crippen LogP contribution in [0.25, 0.3) is 0 Å². The van der Waals surface area contributed by atoms with Crippen molar-refractivity contribution < 1.29 is 27.4 Å². The van der Waals surface area contributed by atoms with E-state index in [2.05, 4.69) is 14.5 Å². The van der Waals surface area contributed by atoms with Crippen LogP contribution >= 0.6 is 11.8 Å². The molecule has 22 heavy (non-hydrogen) atoms. The standard InChI is InChI=1S/C14H16F3NO3S/c1-3-8-22-12(13(19)20-2)9-18-10-6-4-5-7-11(10)21-14(15,16)17/h4-7,9,12H,3,8H2,1-2H3. The SMILES string of the molecule is CCCSC(C=Nc1ccccc1OC(F)(F)F)C(=O)OC. The summed E-state index contributed by atoms with van der Waals surface area (Å²) in [6.45, 7) is 1.95. The molecule has 0 aromatic heterocycles. The van der Waals surface area contributed by atoms with Crippen molar-refractivity contribution in [1.82, 2.24) is 0 Å². The van der Waals surface area contributed by atoms with Crippen LogP contribution in [0.1, 0.15) is 13.3 Å². The molecular formula is C14H16F3NO3S. The third-order valence-electron chi connectivity index (χ3n) is 2.37. The lowest BCUT2D eigenvalue weighted by Gasteiger charge is -2.11. The molecule has 0 bridgehead atoms. The van der Waals surface area contributed by atoms with Crippen LogP contribution in [0.2, 0.25) is 0 Å². The molecule has 0 aliphatic carbocycles. The number of nitrogens with zero attached hydrogens (tertiary/aromatic N) is 1. The Labute approximate surface area is 130 Å². The molecule has 0 aliphatic rings. The number of alkyl halides is 3. The van der Waals surface area contributed by atoms with Gasteiger partial charge in [0.15, 0.2) is 5.75 Å². The van der Waals surface area contributed by atoms with E-state index < -0.39 is 23.3 Å². The van der Waals surface area contributed by atoms with E-state index in [-0.39, 0.29) is 5.69 Å². The monoisotopic (exact) mass is 335 g/mol. The van der Waals surface area contributed by atoms with Gasteiger partial charge in [-0.25, -0.2) is 0 Å². The van der Waals surface area contributed by atoms with E-state index in [0.717, 1.165) is 12.5 Å². The average Bonchev–Trinajstić information content (AvgIpc) is 2.46. The molecule has 1 unspecified atom stereocenters. The second kappa shape index (κ2) is 8.67. The molecule has 1 aromatic rings. The van der Waals surface area contributed by atoms with Crippen molar-refractivity contribution in [3.63, 3.8) is 0 Å². The maximum atomic E-state index is 12.3. The van der Waals surface area contributed by atoms with Crippen LogP contribution < -0.4 is 4.74 Å². The van der Waals surface area contributed by atoms with Gasteiger partial charge in [0, 0.05) is 6.21 Å². The summed E-state index contributed by atoms with van der Waals surface area (Å²) in [7, 11) is 1.25. The van der Waals surface area contributed by atoms with Crippen LogP contribution in [0.15, 0.2) is 29.3 Å². The molecule has 0 amide bonds. The van der Waals surface area contributed by atoms with E-state index in [1.807, 2.05) is 6.92 Å². The third kappa shape index (κ3) is 6.38. The van der Waals surface area contributed by atoms with Gasteiger partial charge in [0.05, 0.1) is 7.11 Å². The van der Waals surface area contributed by atoms with Gasteiger partial charge in [0.2, 0.25) is 0 Å². The molecule has 1 aromatic carbocycles. The first-order valence-corrected chi connectivity index (χ1v) is 7.50. The molecular weight excluding hydrogens is 319 g/mol. The van der Waals surface area contributed by atoms with Gasteiger partial charge in [-0.3, -0.25) is 9.79 Å². The summed E-state index contributed by atoms with van der Waals surface area (Å²) in [5.74, 6) is -0.223. The molecule has 1 atom stereocenters. The van der Waals surface area contributed by atoms with E-state index in [0.29, 0.717) is 5.75 Å². The number of hydrogen-bond donors (Lipinski definition) is 0. The number of methoxy groups -OCH3 is 1. The number of halogens is 3. The highest BCUT2D eigenvalue weighted by molar-refractivity contribution is 8.01. The molecule has 0 saturated heterocycles. The molecule has 0 aliphatic heterocycles. The topological polar surface area (TPSA) is 47.9 Å². The number of rotatable bonds is 7. The Morgan fingerprint density at radius 2 is 2.09 bits per heavy atom. The van der Waals surface area contributed by atoms with Gasteiger partial charge in [0.1, 0.15) is 10.9 Å². The Morgan fingerprint density at radius 3 is 2.68 bits per heavy atom. The number of hydrogen-bond acceptors (Lipinski definition) is 5. The molecule has 0 saturated carbocycles. The van der Waals surface area contributed by atoms with Crippen LogP contribution in [0.5, 0.6) is 5.75 Å². The summed E-state index contributed by atoms with van der Waals surface area (Å²) in [6.07, 6.45) is -2.69. The Kier molecular flexibility index (Phi) is 7.23. The number of ether oxygens (including phenoxy) is 2. The number of esters is 1. The Balaban J connectivity index is 2.92. The highest BCUT2D eigenvalue weighted by atomic mass is 32.2. The van der Waals surface area contributed by atoms with Crippen molar-refractivity contribution >= 4 is 29.6 Å². The molecule has 0 radical (unpaired) electrons. The van der Waals surface area contributed by atoms with Crippen LogP contribution in [0.4, 0.5) is 18.9 Å². The fourth-order valence-electron chi connectivity index (χ4n) is 1.46. The van der Waals surface area contributed by atoms with Crippen molar-refractivity contribution in [1.29, 1.82) is 0 Å². The number of carbonyl (C=O) groups is 1. The largest absolute Gasteiger partial charge is 0.573 e. The molecule has 0 heterocycles. The van der Waals surface area contributed by atoms with Gasteiger partial charge >= 0.3 is 12.3 Å². The maximum absolute atomic E-state index is 12.3. The minimum Gasteiger partial charge on any atom is -0.468 e. The fourth-order valence-corrected chi connectivity index (χ4v) is 2.32. The fraction of sp³-hybridized carbons (Fsp3) is 0.429. The lowest BCUT2D eigenvalue weighted by Crippen LogP contribution is -2.20. The maximum Gasteiger partial charge on any atom is 0.573 e. The molecule has 0 N–H and O–H groups in total. The van der Waals surface area contributed by atoms with Crippen LogP contribution in [-0.4, -0.2) is 36.7 Å². The zero-order valence-electron chi connectivity index (χ0n) is 12.1. The Morgan fingerprint density at radius 1 is 1.41 bits per heavy atom. The normalized spacial score (nSPS) is 13.1. The summed E-state index contributed by atoms with van der Waals surface area (Å²) in [5, 5.41) is -0.677. The lowest BCUT2D eigenvalue weighted by molar-refractivity contribution is -0.274. The van der Waals surface area contributed by atoms with Crippen molar-refractivity contribution in [3.05, 3.63) is 24.3 Å². The molecule has 122 valence electrons. The van der Waals surface area contributed by atoms with Crippen LogP contribution in [-0.2, 0) is 9.53 Å². The van der Waals surface area contributed by atoms with Crippen molar-refractivity contribution in [2.45, 2.75) is 25.0 Å². The summed E-state index contributed by atoms with van der Waals surface area (Å²) in [6, 6.07) is 5.47. The molecule has 0 fully saturated rings. The zero-order chi connectivity index (χ0) is 16.6. The van der Waals surface area contributed by atoms with Gasteiger partial charge in [-0.05, 0) is 24.3 Å². The second-order valence-corrected chi connectivity index (χ2v) is 5.36. The average molecular weight is 335 g/mol. The first kappa shape index (κ1) is 18.3. The lowest BCUT2D eigenvalue weighted by atomic mass is 10.3. The summed E-state index contributed by atoms with van der Waals surface area (Å²) in [4.78, 5) is 15.5. The van der Waals surface area contributed by atoms with E-state index in [9.17, 15) is 18.0 Å². The van der Waals surface area contributed by atoms with Crippen molar-refractivity contribution in [2.75, 3.05) is 12.9 Å². The van der Waals surface area contributed by atoms with E-state index >= 15 is 0 Å². The quantitative estimate of drug-likeness (QED) is 0.559. The summed E-state index contributed by atoms with van der Waals surface area (Å²) < 4.78 is 45.5. The van der Waals surface area contributed by atoms with Gasteiger partial charge in [-0.1, -0.05) is 19.1 Å². The summed E-state index contributed by atoms with van der Waals surface area (Å²) in [5.41, 5.74) is -0.00849. The van der Waals surface area contributed by atoms with E-state index in [1.54, 1.807) is 0 Å². The molecule has 4 nitrogen and oxygen atoms in total. The third-order valence-corrected chi connectivity index (χ3v) is 3.69. The highest BCUT2D eigenvalue weighted by Gasteiger charge is 2.32. The number of para-hydroxylation sites is 2. The van der Waals surface area contributed by atoms with Gasteiger partial charge in [-0.2, -0.15) is 0 Å². The predicted octanol–water partition coefficient (Wildman–Crippen LogP) is 3.97. The second-order valence-electron chi connectivity index (χ2n) is 4.11. The van der Waals surface area contributed by atoms with Crippen molar-refractivity contribution in [3.8, 4) is 5.75 Å². The van der Waals surface area contributed by atoms with Crippen LogP contribution in [0, 0.1) is 0 Å². The highest BCUT2D eigenvalue weighted by Crippen LogP contribution is 2.32.